The van der Waals surface area contributed by atoms with Crippen LogP contribution in [0.3, 0.4) is 0 Å². The molecule has 1 heterocycles. The molecule has 0 bridgehead atoms. The largest absolute Gasteiger partial charge is 0.465 e. The van der Waals surface area contributed by atoms with E-state index >= 15 is 0 Å². The topological polar surface area (TPSA) is 42.2 Å². The minimum absolute atomic E-state index is 0.0937. The summed E-state index contributed by atoms with van der Waals surface area (Å²) in [6.45, 7) is 1.99. The van der Waals surface area contributed by atoms with E-state index in [0.29, 0.717) is 5.76 Å². The first-order valence-corrected chi connectivity index (χ1v) is 6.30. The predicted octanol–water partition coefficient (Wildman–Crippen LogP) is 3.04. The van der Waals surface area contributed by atoms with E-state index in [0.717, 1.165) is 6.42 Å². The summed E-state index contributed by atoms with van der Waals surface area (Å²) in [4.78, 5) is 11.7. The van der Waals surface area contributed by atoms with E-state index in [1.165, 1.54) is 11.6 Å². The fraction of sp³-hybridized carbons (Fsp3) is 0.188. The number of furan rings is 1. The molecule has 2 rings (SSSR count). The van der Waals surface area contributed by atoms with Gasteiger partial charge in [0.1, 0.15) is 5.76 Å². The van der Waals surface area contributed by atoms with E-state index in [4.69, 9.17) is 4.42 Å². The normalized spacial score (nSPS) is 12.5. The third kappa shape index (κ3) is 4.47. The Labute approximate surface area is 112 Å². The minimum Gasteiger partial charge on any atom is -0.465 e. The van der Waals surface area contributed by atoms with E-state index in [-0.39, 0.29) is 11.9 Å². The van der Waals surface area contributed by atoms with Gasteiger partial charge in [-0.1, -0.05) is 30.3 Å². The number of carbonyl (C=O) groups excluding carboxylic acids is 1. The van der Waals surface area contributed by atoms with Gasteiger partial charge in [0.15, 0.2) is 0 Å². The maximum Gasteiger partial charge on any atom is 0.244 e. The fourth-order valence-corrected chi connectivity index (χ4v) is 1.85. The van der Waals surface area contributed by atoms with Gasteiger partial charge in [0.2, 0.25) is 5.91 Å². The second-order valence-corrected chi connectivity index (χ2v) is 4.45. The minimum atomic E-state index is -0.111. The zero-order valence-corrected chi connectivity index (χ0v) is 10.9. The lowest BCUT2D eigenvalue weighted by Gasteiger charge is -2.12. The van der Waals surface area contributed by atoms with Crippen LogP contribution in [0.25, 0.3) is 6.08 Å². The Balaban J connectivity index is 1.82. The van der Waals surface area contributed by atoms with E-state index in [9.17, 15) is 4.79 Å². The molecule has 0 fully saturated rings. The first-order valence-electron chi connectivity index (χ1n) is 6.30. The van der Waals surface area contributed by atoms with Crippen LogP contribution < -0.4 is 5.32 Å². The monoisotopic (exact) mass is 255 g/mol. The van der Waals surface area contributed by atoms with Crippen LogP contribution in [0.2, 0.25) is 0 Å². The summed E-state index contributed by atoms with van der Waals surface area (Å²) in [5.74, 6) is 0.561. The molecule has 0 saturated heterocycles. The zero-order valence-electron chi connectivity index (χ0n) is 10.9. The highest BCUT2D eigenvalue weighted by molar-refractivity contribution is 5.91. The van der Waals surface area contributed by atoms with Gasteiger partial charge in [0, 0.05) is 12.1 Å². The van der Waals surface area contributed by atoms with Crippen molar-refractivity contribution in [2.75, 3.05) is 0 Å². The van der Waals surface area contributed by atoms with E-state index < -0.39 is 0 Å². The van der Waals surface area contributed by atoms with Crippen molar-refractivity contribution < 1.29 is 9.21 Å². The van der Waals surface area contributed by atoms with Gasteiger partial charge >= 0.3 is 0 Å². The molecule has 1 atom stereocenters. The Morgan fingerprint density at radius 1 is 1.26 bits per heavy atom. The average molecular weight is 255 g/mol. The molecule has 19 heavy (non-hydrogen) atoms. The van der Waals surface area contributed by atoms with Gasteiger partial charge < -0.3 is 9.73 Å². The van der Waals surface area contributed by atoms with Gasteiger partial charge in [-0.05, 0) is 37.1 Å². The lowest BCUT2D eigenvalue weighted by atomic mass is 10.1. The molecule has 1 aromatic carbocycles. The van der Waals surface area contributed by atoms with Gasteiger partial charge in [-0.25, -0.2) is 0 Å². The Bertz CT molecular complexity index is 529. The molecule has 2 aromatic rings. The molecule has 0 saturated carbocycles. The standard InChI is InChI=1S/C16H17NO2/c1-13(12-14-6-3-2-4-7-14)17-16(18)10-9-15-8-5-11-19-15/h2-11,13H,12H2,1H3,(H,17,18)/t13-/m0/s1. The van der Waals surface area contributed by atoms with Gasteiger partial charge in [0.25, 0.3) is 0 Å². The van der Waals surface area contributed by atoms with Crippen LogP contribution in [-0.2, 0) is 11.2 Å². The van der Waals surface area contributed by atoms with Crippen LogP contribution in [0.15, 0.2) is 59.2 Å². The van der Waals surface area contributed by atoms with Gasteiger partial charge in [0.05, 0.1) is 6.26 Å². The van der Waals surface area contributed by atoms with Crippen molar-refractivity contribution in [1.29, 1.82) is 0 Å². The molecule has 1 aromatic heterocycles. The molecule has 1 amide bonds. The number of rotatable bonds is 5. The van der Waals surface area contributed by atoms with Crippen LogP contribution in [0, 0.1) is 0 Å². The Hall–Kier alpha value is -2.29. The van der Waals surface area contributed by atoms with Crippen molar-refractivity contribution in [3.05, 3.63) is 66.1 Å². The highest BCUT2D eigenvalue weighted by atomic mass is 16.3. The first kappa shape index (κ1) is 13.1. The van der Waals surface area contributed by atoms with Crippen LogP contribution in [0.1, 0.15) is 18.2 Å². The summed E-state index contributed by atoms with van der Waals surface area (Å²) < 4.78 is 5.12. The molecule has 0 aliphatic rings. The highest BCUT2D eigenvalue weighted by Gasteiger charge is 2.05. The molecule has 0 aliphatic heterocycles. The molecular formula is C16H17NO2. The predicted molar refractivity (Wildman–Crippen MR) is 75.5 cm³/mol. The summed E-state index contributed by atoms with van der Waals surface area (Å²) in [6.07, 6.45) is 5.54. The fourth-order valence-electron chi connectivity index (χ4n) is 1.85. The Morgan fingerprint density at radius 2 is 2.05 bits per heavy atom. The van der Waals surface area contributed by atoms with Crippen LogP contribution in [0.5, 0.6) is 0 Å². The third-order valence-corrected chi connectivity index (χ3v) is 2.72. The second kappa shape index (κ2) is 6.59. The highest BCUT2D eigenvalue weighted by Crippen LogP contribution is 2.04. The number of hydrogen-bond acceptors (Lipinski definition) is 2. The van der Waals surface area contributed by atoms with Crippen molar-refractivity contribution in [2.45, 2.75) is 19.4 Å². The van der Waals surface area contributed by atoms with E-state index in [1.807, 2.05) is 25.1 Å². The average Bonchev–Trinajstić information content (AvgIpc) is 2.90. The van der Waals surface area contributed by atoms with Crippen LogP contribution >= 0.6 is 0 Å². The number of amides is 1. The van der Waals surface area contributed by atoms with Gasteiger partial charge in [-0.15, -0.1) is 0 Å². The van der Waals surface area contributed by atoms with Crippen molar-refractivity contribution >= 4 is 12.0 Å². The summed E-state index contributed by atoms with van der Waals surface area (Å²) in [7, 11) is 0. The van der Waals surface area contributed by atoms with Crippen LogP contribution in [-0.4, -0.2) is 11.9 Å². The first-order chi connectivity index (χ1) is 9.24. The van der Waals surface area contributed by atoms with Gasteiger partial charge in [-0.2, -0.15) is 0 Å². The third-order valence-electron chi connectivity index (χ3n) is 2.72. The molecular weight excluding hydrogens is 238 g/mol. The van der Waals surface area contributed by atoms with Crippen molar-refractivity contribution in [2.24, 2.45) is 0 Å². The van der Waals surface area contributed by atoms with Crippen molar-refractivity contribution in [3.8, 4) is 0 Å². The number of benzene rings is 1. The molecule has 1 N–H and O–H groups in total. The maximum absolute atomic E-state index is 11.7. The molecule has 0 aliphatic carbocycles. The zero-order chi connectivity index (χ0) is 13.5. The van der Waals surface area contributed by atoms with E-state index in [1.54, 1.807) is 24.5 Å². The molecule has 0 spiro atoms. The molecule has 0 unspecified atom stereocenters. The summed E-state index contributed by atoms with van der Waals surface area (Å²) in [6, 6.07) is 13.8. The number of hydrogen-bond donors (Lipinski definition) is 1. The number of carbonyl (C=O) groups is 1. The lowest BCUT2D eigenvalue weighted by molar-refractivity contribution is -0.117. The van der Waals surface area contributed by atoms with Crippen molar-refractivity contribution in [3.63, 3.8) is 0 Å². The molecule has 98 valence electrons. The maximum atomic E-state index is 11.7. The van der Waals surface area contributed by atoms with Crippen LogP contribution in [0.4, 0.5) is 0 Å². The quantitative estimate of drug-likeness (QED) is 0.834. The smallest absolute Gasteiger partial charge is 0.244 e. The Kier molecular flexibility index (Phi) is 4.56. The second-order valence-electron chi connectivity index (χ2n) is 4.45. The van der Waals surface area contributed by atoms with Gasteiger partial charge in [-0.3, -0.25) is 4.79 Å². The summed E-state index contributed by atoms with van der Waals surface area (Å²) in [5, 5.41) is 2.92. The Morgan fingerprint density at radius 3 is 2.74 bits per heavy atom. The number of nitrogens with one attached hydrogen (secondary N) is 1. The summed E-state index contributed by atoms with van der Waals surface area (Å²) in [5.41, 5.74) is 1.21. The summed E-state index contributed by atoms with van der Waals surface area (Å²) >= 11 is 0. The molecule has 0 radical (unpaired) electrons. The van der Waals surface area contributed by atoms with E-state index in [2.05, 4.69) is 17.4 Å². The molecule has 3 heteroatoms. The van der Waals surface area contributed by atoms with Crippen molar-refractivity contribution in [1.82, 2.24) is 5.32 Å². The molecule has 3 nitrogen and oxygen atoms in total. The lowest BCUT2D eigenvalue weighted by Crippen LogP contribution is -2.32. The SMILES string of the molecule is C[C@@H](Cc1ccccc1)NC(=O)C=Cc1ccco1.